The van der Waals surface area contributed by atoms with E-state index < -0.39 is 0 Å². The van der Waals surface area contributed by atoms with E-state index in [2.05, 4.69) is 51.9 Å². The molecule has 2 aromatic rings. The number of aromatic nitrogens is 4. The molecule has 2 aromatic heterocycles. The van der Waals surface area contributed by atoms with Crippen LogP contribution in [0.25, 0.3) is 0 Å². The molecule has 3 rings (SSSR count). The van der Waals surface area contributed by atoms with Gasteiger partial charge < -0.3 is 4.98 Å². The van der Waals surface area contributed by atoms with E-state index in [0.717, 1.165) is 49.6 Å². The molecule has 6 heteroatoms. The lowest BCUT2D eigenvalue weighted by Gasteiger charge is -2.32. The number of piperidine rings is 1. The van der Waals surface area contributed by atoms with Crippen molar-refractivity contribution < 1.29 is 0 Å². The van der Waals surface area contributed by atoms with Gasteiger partial charge in [0.25, 0.3) is 5.56 Å². The lowest BCUT2D eigenvalue weighted by molar-refractivity contribution is 0.196. The van der Waals surface area contributed by atoms with Gasteiger partial charge in [0.2, 0.25) is 0 Å². The van der Waals surface area contributed by atoms with Gasteiger partial charge in [0, 0.05) is 36.2 Å². The zero-order valence-electron chi connectivity index (χ0n) is 15.0. The van der Waals surface area contributed by atoms with Crippen LogP contribution in [0.5, 0.6) is 0 Å². The third kappa shape index (κ3) is 3.93. The molecule has 0 spiro atoms. The van der Waals surface area contributed by atoms with Crippen molar-refractivity contribution in [2.45, 2.75) is 58.4 Å². The largest absolute Gasteiger partial charge is 0.311 e. The van der Waals surface area contributed by atoms with Gasteiger partial charge in [0.05, 0.1) is 11.4 Å². The van der Waals surface area contributed by atoms with Crippen molar-refractivity contribution in [2.24, 2.45) is 0 Å². The molecule has 1 fully saturated rings. The van der Waals surface area contributed by atoms with Crippen LogP contribution in [0.4, 0.5) is 0 Å². The summed E-state index contributed by atoms with van der Waals surface area (Å²) in [6.45, 7) is 11.2. The number of aromatic amines is 2. The Labute approximate surface area is 142 Å². The van der Waals surface area contributed by atoms with Crippen molar-refractivity contribution in [1.29, 1.82) is 0 Å². The van der Waals surface area contributed by atoms with Crippen molar-refractivity contribution in [3.8, 4) is 0 Å². The smallest absolute Gasteiger partial charge is 0.251 e. The summed E-state index contributed by atoms with van der Waals surface area (Å²) in [5.41, 5.74) is 3.17. The molecule has 1 aliphatic rings. The fourth-order valence-corrected chi connectivity index (χ4v) is 3.32. The Morgan fingerprint density at radius 2 is 2.12 bits per heavy atom. The normalized spacial score (nSPS) is 19.6. The van der Waals surface area contributed by atoms with Crippen molar-refractivity contribution in [3.05, 3.63) is 45.4 Å². The maximum absolute atomic E-state index is 11.7. The summed E-state index contributed by atoms with van der Waals surface area (Å²) >= 11 is 0. The fourth-order valence-electron chi connectivity index (χ4n) is 3.32. The molecular formula is C18H27N5O. The number of nitrogens with zero attached hydrogens (tertiary/aromatic N) is 3. The first kappa shape index (κ1) is 16.9. The van der Waals surface area contributed by atoms with E-state index >= 15 is 0 Å². The highest BCUT2D eigenvalue weighted by atomic mass is 16.1. The second-order valence-corrected chi connectivity index (χ2v) is 7.86. The lowest BCUT2D eigenvalue weighted by atomic mass is 9.92. The number of hydrogen-bond donors (Lipinski definition) is 2. The Balaban J connectivity index is 1.69. The molecule has 1 aliphatic heterocycles. The van der Waals surface area contributed by atoms with Gasteiger partial charge in [-0.05, 0) is 32.4 Å². The molecule has 6 nitrogen and oxygen atoms in total. The first-order valence-electron chi connectivity index (χ1n) is 8.66. The molecule has 130 valence electrons. The molecule has 0 aliphatic carbocycles. The maximum atomic E-state index is 11.7. The van der Waals surface area contributed by atoms with Crippen molar-refractivity contribution in [1.82, 2.24) is 25.1 Å². The minimum Gasteiger partial charge on any atom is -0.311 e. The minimum absolute atomic E-state index is 0.0574. The van der Waals surface area contributed by atoms with E-state index in [-0.39, 0.29) is 11.0 Å². The van der Waals surface area contributed by atoms with Crippen LogP contribution < -0.4 is 5.56 Å². The highest BCUT2D eigenvalue weighted by Crippen LogP contribution is 2.26. The predicted molar refractivity (Wildman–Crippen MR) is 94.1 cm³/mol. The molecule has 1 atom stereocenters. The van der Waals surface area contributed by atoms with Crippen LogP contribution in [0.2, 0.25) is 0 Å². The molecule has 0 unspecified atom stereocenters. The maximum Gasteiger partial charge on any atom is 0.251 e. The minimum atomic E-state index is -0.0574. The monoisotopic (exact) mass is 329 g/mol. The van der Waals surface area contributed by atoms with Gasteiger partial charge in [-0.25, -0.2) is 4.98 Å². The number of aryl methyl sites for hydroxylation is 1. The molecule has 24 heavy (non-hydrogen) atoms. The second-order valence-electron chi connectivity index (χ2n) is 7.86. The van der Waals surface area contributed by atoms with Crippen LogP contribution in [-0.4, -0.2) is 38.2 Å². The van der Waals surface area contributed by atoms with Gasteiger partial charge in [-0.1, -0.05) is 20.8 Å². The number of H-pyrrole nitrogens is 2. The Hall–Kier alpha value is -1.95. The topological polar surface area (TPSA) is 77.7 Å². The van der Waals surface area contributed by atoms with Gasteiger partial charge in [-0.3, -0.25) is 14.8 Å². The third-order valence-electron chi connectivity index (χ3n) is 4.60. The zero-order valence-corrected chi connectivity index (χ0v) is 15.0. The Morgan fingerprint density at radius 1 is 1.33 bits per heavy atom. The summed E-state index contributed by atoms with van der Waals surface area (Å²) in [4.78, 5) is 21.4. The molecule has 0 radical (unpaired) electrons. The van der Waals surface area contributed by atoms with E-state index in [4.69, 9.17) is 0 Å². The number of likely N-dealkylation sites (tertiary alicyclic amines) is 1. The predicted octanol–water partition coefficient (Wildman–Crippen LogP) is 2.48. The summed E-state index contributed by atoms with van der Waals surface area (Å²) in [5.74, 6) is 1.02. The molecular weight excluding hydrogens is 302 g/mol. The molecule has 0 bridgehead atoms. The average molecular weight is 329 g/mol. The second kappa shape index (κ2) is 6.51. The summed E-state index contributed by atoms with van der Waals surface area (Å²) in [6.07, 6.45) is 2.21. The highest BCUT2D eigenvalue weighted by molar-refractivity contribution is 5.16. The Morgan fingerprint density at radius 3 is 2.79 bits per heavy atom. The van der Waals surface area contributed by atoms with Crippen LogP contribution >= 0.6 is 0 Å². The van der Waals surface area contributed by atoms with Crippen molar-refractivity contribution in [3.63, 3.8) is 0 Å². The van der Waals surface area contributed by atoms with Gasteiger partial charge in [0.1, 0.15) is 5.82 Å². The van der Waals surface area contributed by atoms with E-state index in [1.165, 1.54) is 0 Å². The summed E-state index contributed by atoms with van der Waals surface area (Å²) in [6, 6.07) is 3.81. The van der Waals surface area contributed by atoms with Gasteiger partial charge in [0.15, 0.2) is 0 Å². The van der Waals surface area contributed by atoms with Crippen LogP contribution in [0.3, 0.4) is 0 Å². The first-order chi connectivity index (χ1) is 11.3. The lowest BCUT2D eigenvalue weighted by Crippen LogP contribution is -2.34. The van der Waals surface area contributed by atoms with Crippen LogP contribution in [0, 0.1) is 6.92 Å². The van der Waals surface area contributed by atoms with E-state index in [0.29, 0.717) is 11.7 Å². The summed E-state index contributed by atoms with van der Waals surface area (Å²) < 4.78 is 0. The molecule has 3 heterocycles. The number of hydrogen-bond acceptors (Lipinski definition) is 4. The average Bonchev–Trinajstić information content (AvgIpc) is 2.95. The molecule has 0 amide bonds. The quantitative estimate of drug-likeness (QED) is 0.907. The number of rotatable bonds is 3. The Kier molecular flexibility index (Phi) is 4.58. The molecule has 1 saturated heterocycles. The molecule has 2 N–H and O–H groups in total. The summed E-state index contributed by atoms with van der Waals surface area (Å²) in [5, 5.41) is 7.61. The van der Waals surface area contributed by atoms with Crippen LogP contribution in [-0.2, 0) is 12.0 Å². The van der Waals surface area contributed by atoms with E-state index in [9.17, 15) is 4.79 Å². The van der Waals surface area contributed by atoms with Crippen LogP contribution in [0.1, 0.15) is 62.4 Å². The molecule has 0 aromatic carbocycles. The van der Waals surface area contributed by atoms with Crippen molar-refractivity contribution in [2.75, 3.05) is 13.1 Å². The highest BCUT2D eigenvalue weighted by Gasteiger charge is 2.24. The first-order valence-corrected chi connectivity index (χ1v) is 8.66. The Bertz CT molecular complexity index is 755. The zero-order chi connectivity index (χ0) is 17.3. The molecule has 0 saturated carbocycles. The van der Waals surface area contributed by atoms with E-state index in [1.807, 2.05) is 6.92 Å². The van der Waals surface area contributed by atoms with Gasteiger partial charge in [-0.2, -0.15) is 5.10 Å². The number of nitrogens with one attached hydrogen (secondary N) is 2. The third-order valence-corrected chi connectivity index (χ3v) is 4.60. The van der Waals surface area contributed by atoms with Gasteiger partial charge in [-0.15, -0.1) is 0 Å². The van der Waals surface area contributed by atoms with Crippen LogP contribution in [0.15, 0.2) is 16.9 Å². The standard InChI is InChI=1S/C18H27N5O/c1-12-19-15(9-17(24)20-12)13-6-5-7-23(10-13)11-14-8-16(22-21-14)18(2,3)4/h8-9,13H,5-7,10-11H2,1-4H3,(H,21,22)(H,19,20,24)/t13-/m1/s1. The fraction of sp³-hybridized carbons (Fsp3) is 0.611. The van der Waals surface area contributed by atoms with E-state index in [1.54, 1.807) is 6.07 Å². The SMILES string of the molecule is Cc1nc([C@@H]2CCCN(Cc3cc(C(C)(C)C)n[nH]3)C2)cc(=O)[nH]1. The van der Waals surface area contributed by atoms with Crippen molar-refractivity contribution >= 4 is 0 Å². The summed E-state index contributed by atoms with van der Waals surface area (Å²) in [7, 11) is 0. The van der Waals surface area contributed by atoms with Gasteiger partial charge >= 0.3 is 0 Å².